The highest BCUT2D eigenvalue weighted by Crippen LogP contribution is 2.30. The fourth-order valence-electron chi connectivity index (χ4n) is 2.29. The number of carboxylic acids is 1. The van der Waals surface area contributed by atoms with Gasteiger partial charge >= 0.3 is 5.97 Å². The fraction of sp³-hybridized carbons (Fsp3) is 0.167. The van der Waals surface area contributed by atoms with E-state index in [4.69, 9.17) is 4.74 Å². The van der Waals surface area contributed by atoms with Crippen molar-refractivity contribution in [2.45, 2.75) is 17.3 Å². The maximum absolute atomic E-state index is 11.2. The number of hydrogen-bond donors (Lipinski definition) is 1. The standard InChI is InChI=1S/C18H17N3O3S/c1-12(17(22)23)25-18-20-19-16(13-8-10-15(24-2)11-9-13)21(18)14-6-4-3-5-7-14/h3-12H,1-2H3,(H,22,23)/t12-/m0/s1. The number of hydrogen-bond acceptors (Lipinski definition) is 5. The summed E-state index contributed by atoms with van der Waals surface area (Å²) in [5, 5.41) is 17.6. The number of aromatic nitrogens is 3. The third-order valence-corrected chi connectivity index (χ3v) is 4.66. The molecule has 0 saturated heterocycles. The molecule has 0 fully saturated rings. The molecule has 1 heterocycles. The first kappa shape index (κ1) is 17.0. The molecular formula is C18H17N3O3S. The van der Waals surface area contributed by atoms with Gasteiger partial charge in [0.15, 0.2) is 11.0 Å². The lowest BCUT2D eigenvalue weighted by Crippen LogP contribution is -2.12. The number of benzene rings is 2. The number of thioether (sulfide) groups is 1. The van der Waals surface area contributed by atoms with Gasteiger partial charge in [0.2, 0.25) is 0 Å². The van der Waals surface area contributed by atoms with E-state index in [-0.39, 0.29) is 0 Å². The Morgan fingerprint density at radius 3 is 2.40 bits per heavy atom. The Bertz CT molecular complexity index is 863. The summed E-state index contributed by atoms with van der Waals surface area (Å²) in [7, 11) is 1.61. The number of rotatable bonds is 6. The molecule has 0 aliphatic rings. The van der Waals surface area contributed by atoms with Gasteiger partial charge in [0.1, 0.15) is 11.0 Å². The summed E-state index contributed by atoms with van der Waals surface area (Å²) in [6, 6.07) is 17.1. The minimum atomic E-state index is -0.890. The van der Waals surface area contributed by atoms with Gasteiger partial charge in [0.25, 0.3) is 0 Å². The van der Waals surface area contributed by atoms with Crippen molar-refractivity contribution in [2.75, 3.05) is 7.11 Å². The molecule has 0 bridgehead atoms. The molecule has 0 saturated carbocycles. The van der Waals surface area contributed by atoms with Crippen molar-refractivity contribution in [3.05, 3.63) is 54.6 Å². The molecule has 1 N–H and O–H groups in total. The second-order valence-electron chi connectivity index (χ2n) is 5.30. The lowest BCUT2D eigenvalue weighted by Gasteiger charge is -2.11. The van der Waals surface area contributed by atoms with E-state index in [2.05, 4.69) is 10.2 Å². The number of ether oxygens (including phenoxy) is 1. The van der Waals surface area contributed by atoms with Crippen LogP contribution in [0.2, 0.25) is 0 Å². The number of carboxylic acid groups (broad SMARTS) is 1. The SMILES string of the molecule is COc1ccc(-c2nnc(S[C@@H](C)C(=O)O)n2-c2ccccc2)cc1. The molecule has 1 aromatic heterocycles. The average Bonchev–Trinajstić information content (AvgIpc) is 3.06. The Morgan fingerprint density at radius 2 is 1.80 bits per heavy atom. The lowest BCUT2D eigenvalue weighted by atomic mass is 10.2. The highest BCUT2D eigenvalue weighted by Gasteiger charge is 2.21. The number of methoxy groups -OCH3 is 1. The zero-order chi connectivity index (χ0) is 17.8. The molecule has 0 unspecified atom stereocenters. The van der Waals surface area contributed by atoms with E-state index in [0.717, 1.165) is 28.8 Å². The molecule has 0 amide bonds. The first-order valence-electron chi connectivity index (χ1n) is 7.65. The molecule has 3 rings (SSSR count). The van der Waals surface area contributed by atoms with Crippen LogP contribution < -0.4 is 4.74 Å². The van der Waals surface area contributed by atoms with Crippen molar-refractivity contribution >= 4 is 17.7 Å². The van der Waals surface area contributed by atoms with Gasteiger partial charge in [-0.15, -0.1) is 10.2 Å². The molecular weight excluding hydrogens is 338 g/mol. The van der Waals surface area contributed by atoms with E-state index in [1.807, 2.05) is 59.2 Å². The first-order valence-corrected chi connectivity index (χ1v) is 8.53. The van der Waals surface area contributed by atoms with Gasteiger partial charge in [-0.1, -0.05) is 30.0 Å². The monoisotopic (exact) mass is 355 g/mol. The minimum Gasteiger partial charge on any atom is -0.497 e. The molecule has 7 heteroatoms. The van der Waals surface area contributed by atoms with Crippen LogP contribution >= 0.6 is 11.8 Å². The Balaban J connectivity index is 2.08. The minimum absolute atomic E-state index is 0.534. The smallest absolute Gasteiger partial charge is 0.316 e. The van der Waals surface area contributed by atoms with Gasteiger partial charge < -0.3 is 9.84 Å². The summed E-state index contributed by atoms with van der Waals surface area (Å²) >= 11 is 1.16. The highest BCUT2D eigenvalue weighted by atomic mass is 32.2. The van der Waals surface area contributed by atoms with Crippen LogP contribution in [0.1, 0.15) is 6.92 Å². The van der Waals surface area contributed by atoms with Crippen LogP contribution in [0.25, 0.3) is 17.1 Å². The van der Waals surface area contributed by atoms with E-state index in [0.29, 0.717) is 11.0 Å². The van der Waals surface area contributed by atoms with Gasteiger partial charge in [-0.25, -0.2) is 0 Å². The van der Waals surface area contributed by atoms with E-state index in [9.17, 15) is 9.90 Å². The molecule has 0 radical (unpaired) electrons. The number of carbonyl (C=O) groups is 1. The van der Waals surface area contributed by atoms with Gasteiger partial charge in [0.05, 0.1) is 7.11 Å². The normalized spacial score (nSPS) is 11.9. The van der Waals surface area contributed by atoms with E-state index in [1.165, 1.54) is 0 Å². The third kappa shape index (κ3) is 3.66. The maximum atomic E-state index is 11.2. The Labute approximate surface area is 149 Å². The van der Waals surface area contributed by atoms with Crippen LogP contribution in [0, 0.1) is 0 Å². The second kappa shape index (κ2) is 7.40. The van der Waals surface area contributed by atoms with Gasteiger partial charge in [-0.2, -0.15) is 0 Å². The summed E-state index contributed by atoms with van der Waals surface area (Å²) in [5.41, 5.74) is 1.74. The van der Waals surface area contributed by atoms with Crippen LogP contribution in [-0.4, -0.2) is 38.2 Å². The highest BCUT2D eigenvalue weighted by molar-refractivity contribution is 8.00. The molecule has 0 aliphatic heterocycles. The van der Waals surface area contributed by atoms with Crippen molar-refractivity contribution in [1.29, 1.82) is 0 Å². The molecule has 2 aromatic carbocycles. The fourth-order valence-corrected chi connectivity index (χ4v) is 3.09. The predicted octanol–water partition coefficient (Wildman–Crippen LogP) is 3.51. The molecule has 25 heavy (non-hydrogen) atoms. The van der Waals surface area contributed by atoms with Gasteiger partial charge in [-0.05, 0) is 43.3 Å². The summed E-state index contributed by atoms with van der Waals surface area (Å²) in [4.78, 5) is 11.2. The molecule has 0 spiro atoms. The Kier molecular flexibility index (Phi) is 5.04. The van der Waals surface area contributed by atoms with Crippen molar-refractivity contribution in [3.63, 3.8) is 0 Å². The first-order chi connectivity index (χ1) is 12.1. The topological polar surface area (TPSA) is 77.2 Å². The average molecular weight is 355 g/mol. The summed E-state index contributed by atoms with van der Waals surface area (Å²) in [5.74, 6) is 0.510. The lowest BCUT2D eigenvalue weighted by molar-refractivity contribution is -0.136. The predicted molar refractivity (Wildman–Crippen MR) is 96.3 cm³/mol. The van der Waals surface area contributed by atoms with Crippen molar-refractivity contribution < 1.29 is 14.6 Å². The second-order valence-corrected chi connectivity index (χ2v) is 6.61. The summed E-state index contributed by atoms with van der Waals surface area (Å²) in [6.45, 7) is 1.63. The van der Waals surface area contributed by atoms with Crippen LogP contribution in [-0.2, 0) is 4.79 Å². The number of nitrogens with zero attached hydrogens (tertiary/aromatic N) is 3. The molecule has 1 atom stereocenters. The quantitative estimate of drug-likeness (QED) is 0.682. The van der Waals surface area contributed by atoms with Crippen LogP contribution in [0.4, 0.5) is 0 Å². The zero-order valence-electron chi connectivity index (χ0n) is 13.8. The summed E-state index contributed by atoms with van der Waals surface area (Å²) in [6.07, 6.45) is 0. The van der Waals surface area contributed by atoms with Crippen LogP contribution in [0.3, 0.4) is 0 Å². The van der Waals surface area contributed by atoms with Crippen LogP contribution in [0.5, 0.6) is 5.75 Å². The zero-order valence-corrected chi connectivity index (χ0v) is 14.6. The Hall–Kier alpha value is -2.80. The molecule has 0 aliphatic carbocycles. The van der Waals surface area contributed by atoms with Gasteiger partial charge in [0, 0.05) is 11.3 Å². The third-order valence-electron chi connectivity index (χ3n) is 3.63. The largest absolute Gasteiger partial charge is 0.497 e. The summed E-state index contributed by atoms with van der Waals surface area (Å²) < 4.78 is 7.06. The molecule has 128 valence electrons. The van der Waals surface area contributed by atoms with E-state index in [1.54, 1.807) is 14.0 Å². The van der Waals surface area contributed by atoms with Crippen molar-refractivity contribution in [3.8, 4) is 22.8 Å². The van der Waals surface area contributed by atoms with E-state index < -0.39 is 11.2 Å². The van der Waals surface area contributed by atoms with E-state index >= 15 is 0 Å². The number of aliphatic carboxylic acids is 1. The van der Waals surface area contributed by atoms with Crippen LogP contribution in [0.15, 0.2) is 59.8 Å². The molecule has 3 aromatic rings. The van der Waals surface area contributed by atoms with Gasteiger partial charge in [-0.3, -0.25) is 9.36 Å². The number of para-hydroxylation sites is 1. The Morgan fingerprint density at radius 1 is 1.12 bits per heavy atom. The van der Waals surface area contributed by atoms with Crippen molar-refractivity contribution in [2.24, 2.45) is 0 Å². The maximum Gasteiger partial charge on any atom is 0.316 e. The van der Waals surface area contributed by atoms with Crippen molar-refractivity contribution in [1.82, 2.24) is 14.8 Å². The molecule has 6 nitrogen and oxygen atoms in total.